The van der Waals surface area contributed by atoms with Crippen LogP contribution in [0.15, 0.2) is 6.07 Å². The summed E-state index contributed by atoms with van der Waals surface area (Å²) >= 11 is 0. The highest BCUT2D eigenvalue weighted by molar-refractivity contribution is 5.33. The predicted octanol–water partition coefficient (Wildman–Crippen LogP) is 3.10. The monoisotopic (exact) mass is 294 g/mol. The number of nitrogens with one attached hydrogen (secondary N) is 1. The Labute approximate surface area is 129 Å². The molecule has 1 unspecified atom stereocenters. The van der Waals surface area contributed by atoms with Crippen LogP contribution < -0.4 is 5.32 Å². The van der Waals surface area contributed by atoms with Gasteiger partial charge in [-0.1, -0.05) is 0 Å². The molecule has 1 heterocycles. The molecule has 1 N–H and O–H groups in total. The zero-order valence-electron chi connectivity index (χ0n) is 14.2. The van der Waals surface area contributed by atoms with E-state index in [1.807, 2.05) is 6.92 Å². The van der Waals surface area contributed by atoms with Crippen LogP contribution in [0.5, 0.6) is 0 Å². The topological polar surface area (TPSA) is 43.4 Å². The smallest absolute Gasteiger partial charge is 0.0700 e. The second-order valence-corrected chi connectivity index (χ2v) is 5.57. The van der Waals surface area contributed by atoms with Gasteiger partial charge in [0.1, 0.15) is 0 Å². The number of aryl methyl sites for hydroxylation is 3. The lowest BCUT2D eigenvalue weighted by molar-refractivity contribution is 0.0687. The van der Waals surface area contributed by atoms with Gasteiger partial charge in [-0.05, 0) is 64.3 Å². The van der Waals surface area contributed by atoms with Crippen molar-refractivity contribution in [2.45, 2.75) is 46.6 Å². The lowest BCUT2D eigenvalue weighted by Gasteiger charge is -2.19. The highest BCUT2D eigenvalue weighted by atomic mass is 16.5. The molecule has 120 valence electrons. The van der Waals surface area contributed by atoms with Gasteiger partial charge < -0.3 is 14.8 Å². The molecule has 0 saturated carbocycles. The first-order valence-corrected chi connectivity index (χ1v) is 7.81. The number of ether oxygens (including phenoxy) is 2. The van der Waals surface area contributed by atoms with E-state index in [-0.39, 0.29) is 0 Å². The van der Waals surface area contributed by atoms with E-state index < -0.39 is 0 Å². The molecule has 0 aromatic carbocycles. The van der Waals surface area contributed by atoms with Crippen molar-refractivity contribution in [1.82, 2.24) is 10.3 Å². The van der Waals surface area contributed by atoms with Crippen LogP contribution in [0.4, 0.5) is 0 Å². The molecule has 0 aliphatic rings. The van der Waals surface area contributed by atoms with Gasteiger partial charge in [0.05, 0.1) is 13.2 Å². The van der Waals surface area contributed by atoms with Crippen molar-refractivity contribution in [2.75, 3.05) is 33.5 Å². The third-order valence-electron chi connectivity index (χ3n) is 3.61. The summed E-state index contributed by atoms with van der Waals surface area (Å²) in [5, 5.41) is 3.58. The van der Waals surface area contributed by atoms with Crippen LogP contribution in [-0.2, 0) is 9.47 Å². The van der Waals surface area contributed by atoms with Gasteiger partial charge in [0, 0.05) is 31.1 Å². The van der Waals surface area contributed by atoms with Crippen molar-refractivity contribution < 1.29 is 9.47 Å². The van der Waals surface area contributed by atoms with Gasteiger partial charge >= 0.3 is 0 Å². The number of hydrogen-bond donors (Lipinski definition) is 1. The van der Waals surface area contributed by atoms with Crippen molar-refractivity contribution in [1.29, 1.82) is 0 Å². The van der Waals surface area contributed by atoms with E-state index in [4.69, 9.17) is 9.47 Å². The second kappa shape index (κ2) is 9.87. The van der Waals surface area contributed by atoms with E-state index in [1.165, 1.54) is 11.1 Å². The number of methoxy groups -OCH3 is 1. The van der Waals surface area contributed by atoms with Crippen molar-refractivity contribution >= 4 is 0 Å². The van der Waals surface area contributed by atoms with E-state index in [9.17, 15) is 0 Å². The van der Waals surface area contributed by atoms with E-state index in [1.54, 1.807) is 7.11 Å². The minimum absolute atomic E-state index is 0.340. The second-order valence-electron chi connectivity index (χ2n) is 5.57. The largest absolute Gasteiger partial charge is 0.382 e. The molecule has 0 spiro atoms. The third kappa shape index (κ3) is 6.55. The summed E-state index contributed by atoms with van der Waals surface area (Å²) in [5.74, 6) is 0. The van der Waals surface area contributed by atoms with Crippen molar-refractivity contribution in [3.05, 3.63) is 28.6 Å². The number of rotatable bonds is 10. The zero-order chi connectivity index (χ0) is 15.7. The third-order valence-corrected chi connectivity index (χ3v) is 3.61. The van der Waals surface area contributed by atoms with Gasteiger partial charge in [-0.25, -0.2) is 0 Å². The van der Waals surface area contributed by atoms with Crippen LogP contribution in [0.2, 0.25) is 0 Å². The maximum atomic E-state index is 5.45. The van der Waals surface area contributed by atoms with Gasteiger partial charge in [-0.15, -0.1) is 0 Å². The Balaban J connectivity index is 2.27. The summed E-state index contributed by atoms with van der Waals surface area (Å²) in [6.45, 7) is 11.7. The molecule has 1 aromatic heterocycles. The van der Waals surface area contributed by atoms with Crippen LogP contribution >= 0.6 is 0 Å². The van der Waals surface area contributed by atoms with Crippen molar-refractivity contribution in [3.8, 4) is 0 Å². The minimum Gasteiger partial charge on any atom is -0.382 e. The summed E-state index contributed by atoms with van der Waals surface area (Å²) in [5.41, 5.74) is 4.88. The van der Waals surface area contributed by atoms with Crippen molar-refractivity contribution in [2.24, 2.45) is 0 Å². The van der Waals surface area contributed by atoms with Crippen molar-refractivity contribution in [3.63, 3.8) is 0 Å². The maximum Gasteiger partial charge on any atom is 0.0700 e. The Morgan fingerprint density at radius 1 is 1.14 bits per heavy atom. The molecular formula is C17H30N2O2. The highest BCUT2D eigenvalue weighted by Crippen LogP contribution is 2.21. The molecule has 0 saturated heterocycles. The van der Waals surface area contributed by atoms with Gasteiger partial charge in [-0.2, -0.15) is 0 Å². The Morgan fingerprint density at radius 2 is 1.90 bits per heavy atom. The van der Waals surface area contributed by atoms with E-state index in [0.29, 0.717) is 19.3 Å². The Morgan fingerprint density at radius 3 is 2.57 bits per heavy atom. The summed E-state index contributed by atoms with van der Waals surface area (Å²) in [6, 6.07) is 2.50. The fraction of sp³-hybridized carbons (Fsp3) is 0.706. The van der Waals surface area contributed by atoms with E-state index in [0.717, 1.165) is 37.4 Å². The summed E-state index contributed by atoms with van der Waals surface area (Å²) in [4.78, 5) is 4.57. The normalized spacial score (nSPS) is 12.6. The Bertz CT molecular complexity index is 398. The molecule has 0 aliphatic heterocycles. The van der Waals surface area contributed by atoms with Crippen LogP contribution in [0.25, 0.3) is 0 Å². The summed E-state index contributed by atoms with van der Waals surface area (Å²) in [7, 11) is 1.69. The highest BCUT2D eigenvalue weighted by Gasteiger charge is 2.12. The summed E-state index contributed by atoms with van der Waals surface area (Å²) < 4.78 is 10.4. The van der Waals surface area contributed by atoms with Crippen LogP contribution in [-0.4, -0.2) is 38.5 Å². The number of pyridine rings is 1. The molecule has 0 amide bonds. The van der Waals surface area contributed by atoms with E-state index >= 15 is 0 Å². The first-order valence-electron chi connectivity index (χ1n) is 7.81. The predicted molar refractivity (Wildman–Crippen MR) is 86.8 cm³/mol. The van der Waals surface area contributed by atoms with Gasteiger partial charge in [0.15, 0.2) is 0 Å². The fourth-order valence-electron chi connectivity index (χ4n) is 2.68. The lowest BCUT2D eigenvalue weighted by Crippen LogP contribution is -2.22. The summed E-state index contributed by atoms with van der Waals surface area (Å²) in [6.07, 6.45) is 2.20. The number of aromatic nitrogens is 1. The van der Waals surface area contributed by atoms with Gasteiger partial charge in [0.25, 0.3) is 0 Å². The quantitative estimate of drug-likeness (QED) is 0.673. The van der Waals surface area contributed by atoms with Crippen LogP contribution in [0.3, 0.4) is 0 Å². The molecule has 1 atom stereocenters. The molecular weight excluding hydrogens is 264 g/mol. The average Bonchev–Trinajstić information content (AvgIpc) is 2.40. The zero-order valence-corrected chi connectivity index (χ0v) is 14.2. The average molecular weight is 294 g/mol. The molecule has 1 rings (SSSR count). The number of unbranched alkanes of at least 4 members (excludes halogenated alkanes) is 1. The first kappa shape index (κ1) is 18.1. The molecule has 4 nitrogen and oxygen atoms in total. The molecule has 0 fully saturated rings. The standard InChI is InChI=1S/C17H30N2O2/c1-13-12-14(2)19-16(4)17(13)15(3)18-8-6-7-9-21-11-10-20-5/h12,15,18H,6-11H2,1-5H3. The lowest BCUT2D eigenvalue weighted by atomic mass is 10.0. The first-order chi connectivity index (χ1) is 10.1. The number of hydrogen-bond acceptors (Lipinski definition) is 4. The minimum atomic E-state index is 0.340. The van der Waals surface area contributed by atoms with Gasteiger partial charge in [-0.3, -0.25) is 4.98 Å². The molecule has 0 bridgehead atoms. The Kier molecular flexibility index (Phi) is 8.50. The van der Waals surface area contributed by atoms with Crippen LogP contribution in [0, 0.1) is 20.8 Å². The molecule has 0 radical (unpaired) electrons. The molecule has 4 heteroatoms. The molecule has 21 heavy (non-hydrogen) atoms. The van der Waals surface area contributed by atoms with E-state index in [2.05, 4.69) is 37.1 Å². The number of nitrogens with zero attached hydrogens (tertiary/aromatic N) is 1. The molecule has 0 aliphatic carbocycles. The maximum absolute atomic E-state index is 5.45. The molecule has 1 aromatic rings. The SMILES string of the molecule is COCCOCCCCNC(C)c1c(C)cc(C)nc1C. The van der Waals surface area contributed by atoms with Gasteiger partial charge in [0.2, 0.25) is 0 Å². The fourth-order valence-corrected chi connectivity index (χ4v) is 2.68. The Hall–Kier alpha value is -0.970. The van der Waals surface area contributed by atoms with Crippen LogP contribution in [0.1, 0.15) is 48.3 Å².